The summed E-state index contributed by atoms with van der Waals surface area (Å²) in [6, 6.07) is 15.0. The fraction of sp³-hybridized carbons (Fsp3) is 0.406. The van der Waals surface area contributed by atoms with Crippen LogP contribution in [0.3, 0.4) is 0 Å². The number of hydrogen-bond acceptors (Lipinski definition) is 5. The quantitative estimate of drug-likeness (QED) is 0.240. The maximum atomic E-state index is 12.8. The number of aryl methyl sites for hydroxylation is 3. The number of carbonyl (C=O) groups excluding carboxylic acids is 2. The molecule has 3 aromatic rings. The summed E-state index contributed by atoms with van der Waals surface area (Å²) >= 11 is 0. The molecule has 0 spiro atoms. The molecule has 0 aliphatic carbocycles. The van der Waals surface area contributed by atoms with E-state index < -0.39 is 0 Å². The number of benzene rings is 2. The van der Waals surface area contributed by atoms with Crippen LogP contribution in [0.4, 0.5) is 10.5 Å². The zero-order valence-electron chi connectivity index (χ0n) is 23.3. The number of anilines is 1. The molecule has 0 unspecified atom stereocenters. The second-order valence-corrected chi connectivity index (χ2v) is 10.4. The zero-order valence-corrected chi connectivity index (χ0v) is 23.3. The second kappa shape index (κ2) is 13.9. The number of piperidine rings is 1. The Labute approximate surface area is 231 Å². The summed E-state index contributed by atoms with van der Waals surface area (Å²) in [5.41, 5.74) is 5.86. The van der Waals surface area contributed by atoms with Gasteiger partial charge in [-0.2, -0.15) is 0 Å². The number of hydrogen-bond donors (Lipinski definition) is 3. The van der Waals surface area contributed by atoms with Gasteiger partial charge in [0.25, 0.3) is 0 Å². The third-order valence-corrected chi connectivity index (χ3v) is 7.44. The highest BCUT2D eigenvalue weighted by Crippen LogP contribution is 2.26. The minimum Gasteiger partial charge on any atom is -0.457 e. The molecule has 2 amide bonds. The van der Waals surface area contributed by atoms with E-state index in [4.69, 9.17) is 4.74 Å². The number of pyridine rings is 1. The number of rotatable bonds is 11. The molecule has 2 aromatic carbocycles. The molecule has 1 saturated heterocycles. The highest BCUT2D eigenvalue weighted by molar-refractivity contribution is 5.94. The molecule has 1 aliphatic heterocycles. The van der Waals surface area contributed by atoms with Crippen LogP contribution < -0.4 is 20.7 Å². The molecule has 4 rings (SSSR count). The first-order valence-electron chi connectivity index (χ1n) is 14.0. The molecule has 7 heteroatoms. The van der Waals surface area contributed by atoms with Gasteiger partial charge in [0.1, 0.15) is 17.2 Å². The minimum atomic E-state index is -0.219. The molecule has 1 aromatic heterocycles. The monoisotopic (exact) mass is 528 g/mol. The van der Waals surface area contributed by atoms with Crippen molar-refractivity contribution in [2.75, 3.05) is 18.4 Å². The Morgan fingerprint density at radius 1 is 1.00 bits per heavy atom. The number of nitrogens with one attached hydrogen (secondary N) is 3. The summed E-state index contributed by atoms with van der Waals surface area (Å²) in [5.74, 6) is 1.99. The number of ether oxygens (including phenoxy) is 1. The van der Waals surface area contributed by atoms with Crippen molar-refractivity contribution in [2.45, 2.75) is 65.8 Å². The number of urea groups is 1. The number of carbonyl (C=O) groups is 2. The van der Waals surface area contributed by atoms with Gasteiger partial charge in [-0.15, -0.1) is 0 Å². The lowest BCUT2D eigenvalue weighted by molar-refractivity contribution is 0.0983. The highest BCUT2D eigenvalue weighted by atomic mass is 16.5. The topological polar surface area (TPSA) is 92.3 Å². The summed E-state index contributed by atoms with van der Waals surface area (Å²) in [7, 11) is 0. The van der Waals surface area contributed by atoms with E-state index in [1.807, 2.05) is 31.2 Å². The number of aromatic nitrogens is 1. The van der Waals surface area contributed by atoms with E-state index >= 15 is 0 Å². The van der Waals surface area contributed by atoms with Crippen molar-refractivity contribution in [3.8, 4) is 11.5 Å². The van der Waals surface area contributed by atoms with Crippen molar-refractivity contribution < 1.29 is 14.3 Å². The Kier molecular flexibility index (Phi) is 10.1. The maximum Gasteiger partial charge on any atom is 0.319 e. The van der Waals surface area contributed by atoms with Gasteiger partial charge in [0, 0.05) is 30.9 Å². The number of Topliss-reactive ketones (excluding diaryl/α,β-unsaturated/α-hetero) is 1. The van der Waals surface area contributed by atoms with Gasteiger partial charge in [0.2, 0.25) is 0 Å². The fourth-order valence-corrected chi connectivity index (χ4v) is 4.92. The fourth-order valence-electron chi connectivity index (χ4n) is 4.92. The summed E-state index contributed by atoms with van der Waals surface area (Å²) in [5, 5.41) is 9.49. The first kappa shape index (κ1) is 28.3. The highest BCUT2D eigenvalue weighted by Gasteiger charge is 2.14. The maximum absolute atomic E-state index is 12.8. The van der Waals surface area contributed by atoms with E-state index in [-0.39, 0.29) is 11.8 Å². The van der Waals surface area contributed by atoms with Crippen LogP contribution in [0.1, 0.15) is 71.8 Å². The largest absolute Gasteiger partial charge is 0.457 e. The molecule has 206 valence electrons. The van der Waals surface area contributed by atoms with Crippen LogP contribution in [-0.4, -0.2) is 29.9 Å². The van der Waals surface area contributed by atoms with Gasteiger partial charge in [0.15, 0.2) is 5.78 Å². The molecule has 0 atom stereocenters. The van der Waals surface area contributed by atoms with Crippen LogP contribution in [0.2, 0.25) is 0 Å². The van der Waals surface area contributed by atoms with Gasteiger partial charge in [-0.3, -0.25) is 9.78 Å². The van der Waals surface area contributed by atoms with Crippen molar-refractivity contribution >= 4 is 17.5 Å². The SMILES string of the molecule is CCC(=O)c1cc(Oc2ccc(CNC(=O)Nc3cc(C)c(C)cc3CCCC3CCNCC3)cc2)ccn1. The van der Waals surface area contributed by atoms with Crippen LogP contribution in [0.15, 0.2) is 54.7 Å². The van der Waals surface area contributed by atoms with Crippen molar-refractivity contribution in [1.82, 2.24) is 15.6 Å². The Balaban J connectivity index is 1.29. The molecule has 1 aliphatic rings. The molecule has 1 fully saturated rings. The molecule has 7 nitrogen and oxygen atoms in total. The normalized spacial score (nSPS) is 13.6. The lowest BCUT2D eigenvalue weighted by atomic mass is 9.91. The van der Waals surface area contributed by atoms with Gasteiger partial charge < -0.3 is 20.7 Å². The lowest BCUT2D eigenvalue weighted by Gasteiger charge is -2.22. The summed E-state index contributed by atoms with van der Waals surface area (Å²) in [4.78, 5) is 28.8. The van der Waals surface area contributed by atoms with E-state index in [9.17, 15) is 9.59 Å². The minimum absolute atomic E-state index is 0.0229. The predicted molar refractivity (Wildman–Crippen MR) is 156 cm³/mol. The van der Waals surface area contributed by atoms with E-state index in [0.29, 0.717) is 30.2 Å². The van der Waals surface area contributed by atoms with Crippen molar-refractivity contribution in [1.29, 1.82) is 0 Å². The van der Waals surface area contributed by atoms with Gasteiger partial charge in [0.05, 0.1) is 0 Å². The molecule has 0 saturated carbocycles. The van der Waals surface area contributed by atoms with Crippen molar-refractivity contribution in [3.63, 3.8) is 0 Å². The van der Waals surface area contributed by atoms with E-state index in [0.717, 1.165) is 43.1 Å². The molecule has 39 heavy (non-hydrogen) atoms. The summed E-state index contributed by atoms with van der Waals surface area (Å²) < 4.78 is 5.88. The molecular formula is C32H40N4O3. The number of ketones is 1. The smallest absolute Gasteiger partial charge is 0.319 e. The Hall–Kier alpha value is -3.71. The molecule has 2 heterocycles. The average Bonchev–Trinajstić information content (AvgIpc) is 2.95. The third kappa shape index (κ3) is 8.39. The summed E-state index contributed by atoms with van der Waals surface area (Å²) in [6.07, 6.45) is 7.83. The van der Waals surface area contributed by atoms with Crippen molar-refractivity contribution in [2.24, 2.45) is 5.92 Å². The Morgan fingerprint density at radius 3 is 2.49 bits per heavy atom. The average molecular weight is 529 g/mol. The molecular weight excluding hydrogens is 488 g/mol. The van der Waals surface area contributed by atoms with Gasteiger partial charge in [-0.05, 0) is 105 Å². The van der Waals surface area contributed by atoms with E-state index in [1.165, 1.54) is 36.0 Å². The van der Waals surface area contributed by atoms with Crippen molar-refractivity contribution in [3.05, 3.63) is 82.7 Å². The van der Waals surface area contributed by atoms with Crippen LogP contribution in [0, 0.1) is 19.8 Å². The number of nitrogens with zero attached hydrogens (tertiary/aromatic N) is 1. The molecule has 0 bridgehead atoms. The van der Waals surface area contributed by atoms with Gasteiger partial charge in [-0.1, -0.05) is 31.5 Å². The molecule has 0 radical (unpaired) electrons. The summed E-state index contributed by atoms with van der Waals surface area (Å²) in [6.45, 7) is 8.67. The van der Waals surface area contributed by atoms with Gasteiger partial charge in [-0.25, -0.2) is 4.79 Å². The lowest BCUT2D eigenvalue weighted by Crippen LogP contribution is -2.28. The first-order chi connectivity index (χ1) is 18.9. The van der Waals surface area contributed by atoms with E-state index in [1.54, 1.807) is 18.3 Å². The Bertz CT molecular complexity index is 1270. The predicted octanol–water partition coefficient (Wildman–Crippen LogP) is 6.73. The zero-order chi connectivity index (χ0) is 27.6. The molecule has 3 N–H and O–H groups in total. The van der Waals surface area contributed by atoms with Crippen LogP contribution in [0.25, 0.3) is 0 Å². The van der Waals surface area contributed by atoms with Crippen LogP contribution >= 0.6 is 0 Å². The third-order valence-electron chi connectivity index (χ3n) is 7.44. The number of amides is 2. The standard InChI is InChI=1S/C32H40N4O3/c1-4-31(37)30-20-28(14-17-34-30)39-27-10-8-25(9-11-27)21-35-32(38)36-29-19-23(3)22(2)18-26(29)7-5-6-24-12-15-33-16-13-24/h8-11,14,17-20,24,33H,4-7,12-13,15-16,21H2,1-3H3,(H2,35,36,38). The second-order valence-electron chi connectivity index (χ2n) is 10.4. The van der Waals surface area contributed by atoms with E-state index in [2.05, 4.69) is 46.9 Å². The Morgan fingerprint density at radius 2 is 1.74 bits per heavy atom. The van der Waals surface area contributed by atoms with Gasteiger partial charge >= 0.3 is 6.03 Å². The van der Waals surface area contributed by atoms with Crippen LogP contribution in [0.5, 0.6) is 11.5 Å². The van der Waals surface area contributed by atoms with Crippen LogP contribution in [-0.2, 0) is 13.0 Å². The first-order valence-corrected chi connectivity index (χ1v) is 14.0.